The zero-order valence-corrected chi connectivity index (χ0v) is 8.71. The van der Waals surface area contributed by atoms with E-state index in [0.717, 1.165) is 12.8 Å². The van der Waals surface area contributed by atoms with Gasteiger partial charge in [-0.25, -0.2) is 4.99 Å². The van der Waals surface area contributed by atoms with Crippen molar-refractivity contribution < 1.29 is 4.79 Å². The molecule has 0 aromatic rings. The van der Waals surface area contributed by atoms with Crippen LogP contribution in [0.5, 0.6) is 0 Å². The van der Waals surface area contributed by atoms with Crippen LogP contribution in [-0.2, 0) is 4.79 Å². The standard InChI is InChI=1S/C9H18N4O/c1-6(2)12-9(10)11-5-8(14)13-7-3-4-7/h6-7H,3-5H2,1-2H3,(H,13,14)(H3,10,11,12). The summed E-state index contributed by atoms with van der Waals surface area (Å²) in [5.41, 5.74) is 5.53. The van der Waals surface area contributed by atoms with Crippen molar-refractivity contribution in [1.29, 1.82) is 0 Å². The minimum atomic E-state index is -0.0546. The highest BCUT2D eigenvalue weighted by Gasteiger charge is 2.22. The molecule has 14 heavy (non-hydrogen) atoms. The summed E-state index contributed by atoms with van der Waals surface area (Å²) >= 11 is 0. The van der Waals surface area contributed by atoms with E-state index in [1.165, 1.54) is 0 Å². The third-order valence-electron chi connectivity index (χ3n) is 1.77. The van der Waals surface area contributed by atoms with Gasteiger partial charge in [-0.05, 0) is 26.7 Å². The Hall–Kier alpha value is -1.26. The molecule has 1 rings (SSSR count). The molecule has 4 N–H and O–H groups in total. The summed E-state index contributed by atoms with van der Waals surface area (Å²) in [5, 5.41) is 5.75. The Kier molecular flexibility index (Phi) is 3.73. The van der Waals surface area contributed by atoms with Gasteiger partial charge < -0.3 is 16.4 Å². The average molecular weight is 198 g/mol. The molecule has 0 spiro atoms. The van der Waals surface area contributed by atoms with Crippen LogP contribution in [-0.4, -0.2) is 30.5 Å². The van der Waals surface area contributed by atoms with Crippen molar-refractivity contribution in [3.05, 3.63) is 0 Å². The highest BCUT2D eigenvalue weighted by molar-refractivity contribution is 5.84. The molecule has 0 aromatic heterocycles. The molecule has 1 saturated carbocycles. The van der Waals surface area contributed by atoms with Gasteiger partial charge >= 0.3 is 0 Å². The number of hydrogen-bond acceptors (Lipinski definition) is 2. The molecule has 1 amide bonds. The van der Waals surface area contributed by atoms with Gasteiger partial charge in [0.25, 0.3) is 0 Å². The summed E-state index contributed by atoms with van der Waals surface area (Å²) in [6, 6.07) is 0.627. The highest BCUT2D eigenvalue weighted by atomic mass is 16.1. The van der Waals surface area contributed by atoms with Crippen LogP contribution in [0, 0.1) is 0 Å². The fourth-order valence-electron chi connectivity index (χ4n) is 0.999. The Bertz CT molecular complexity index is 233. The van der Waals surface area contributed by atoms with Gasteiger partial charge in [0.15, 0.2) is 5.96 Å². The Labute approximate surface area is 84.1 Å². The van der Waals surface area contributed by atoms with Crippen LogP contribution in [0.1, 0.15) is 26.7 Å². The van der Waals surface area contributed by atoms with Crippen molar-refractivity contribution in [2.75, 3.05) is 6.54 Å². The molecule has 0 radical (unpaired) electrons. The zero-order valence-electron chi connectivity index (χ0n) is 8.71. The van der Waals surface area contributed by atoms with E-state index >= 15 is 0 Å². The van der Waals surface area contributed by atoms with E-state index in [1.54, 1.807) is 0 Å². The molecule has 0 aliphatic heterocycles. The summed E-state index contributed by atoms with van der Waals surface area (Å²) in [7, 11) is 0. The van der Waals surface area contributed by atoms with E-state index in [1.807, 2.05) is 13.8 Å². The maximum atomic E-state index is 11.2. The molecule has 0 atom stereocenters. The quantitative estimate of drug-likeness (QED) is 0.424. The third kappa shape index (κ3) is 4.69. The molecular weight excluding hydrogens is 180 g/mol. The van der Waals surface area contributed by atoms with E-state index < -0.39 is 0 Å². The molecule has 5 nitrogen and oxygen atoms in total. The van der Waals surface area contributed by atoms with Crippen LogP contribution in [0.2, 0.25) is 0 Å². The first-order valence-electron chi connectivity index (χ1n) is 4.93. The zero-order chi connectivity index (χ0) is 10.6. The lowest BCUT2D eigenvalue weighted by Gasteiger charge is -2.08. The van der Waals surface area contributed by atoms with Gasteiger partial charge in [0.2, 0.25) is 5.91 Å². The molecule has 1 fully saturated rings. The first-order chi connectivity index (χ1) is 6.58. The number of carbonyl (C=O) groups is 1. The number of hydrogen-bond donors (Lipinski definition) is 3. The molecule has 0 bridgehead atoms. The first-order valence-corrected chi connectivity index (χ1v) is 4.93. The van der Waals surface area contributed by atoms with Crippen molar-refractivity contribution in [2.24, 2.45) is 10.7 Å². The van der Waals surface area contributed by atoms with E-state index in [0.29, 0.717) is 12.0 Å². The first kappa shape index (κ1) is 10.8. The van der Waals surface area contributed by atoms with Gasteiger partial charge in [-0.2, -0.15) is 0 Å². The van der Waals surface area contributed by atoms with Gasteiger partial charge in [0.1, 0.15) is 6.54 Å². The van der Waals surface area contributed by atoms with Crippen LogP contribution in [0.15, 0.2) is 4.99 Å². The number of amides is 1. The Balaban J connectivity index is 2.18. The Morgan fingerprint density at radius 3 is 2.71 bits per heavy atom. The average Bonchev–Trinajstić information content (AvgIpc) is 2.83. The lowest BCUT2D eigenvalue weighted by atomic mass is 10.4. The number of rotatable bonds is 4. The van der Waals surface area contributed by atoms with E-state index in [-0.39, 0.29) is 18.5 Å². The van der Waals surface area contributed by atoms with Crippen LogP contribution in [0.25, 0.3) is 0 Å². The number of guanidine groups is 1. The Morgan fingerprint density at radius 1 is 1.57 bits per heavy atom. The van der Waals surface area contributed by atoms with Crippen molar-refractivity contribution >= 4 is 11.9 Å². The maximum Gasteiger partial charge on any atom is 0.242 e. The predicted molar refractivity (Wildman–Crippen MR) is 55.9 cm³/mol. The fraction of sp³-hybridized carbons (Fsp3) is 0.778. The predicted octanol–water partition coefficient (Wildman–Crippen LogP) is -0.422. The summed E-state index contributed by atoms with van der Waals surface area (Å²) in [6.07, 6.45) is 2.18. The smallest absolute Gasteiger partial charge is 0.242 e. The molecule has 0 saturated heterocycles. The van der Waals surface area contributed by atoms with E-state index in [2.05, 4.69) is 15.6 Å². The van der Waals surface area contributed by atoms with Gasteiger partial charge in [-0.1, -0.05) is 0 Å². The minimum absolute atomic E-state index is 0.0546. The molecule has 5 heteroatoms. The van der Waals surface area contributed by atoms with Crippen molar-refractivity contribution in [3.63, 3.8) is 0 Å². The second kappa shape index (κ2) is 4.83. The van der Waals surface area contributed by atoms with E-state index in [9.17, 15) is 4.79 Å². The van der Waals surface area contributed by atoms with Gasteiger partial charge in [0.05, 0.1) is 0 Å². The number of aliphatic imine (C=N–C) groups is 1. The lowest BCUT2D eigenvalue weighted by Crippen LogP contribution is -2.38. The van der Waals surface area contributed by atoms with Crippen LogP contribution >= 0.6 is 0 Å². The van der Waals surface area contributed by atoms with Crippen molar-refractivity contribution in [3.8, 4) is 0 Å². The normalized spacial score (nSPS) is 16.9. The highest BCUT2D eigenvalue weighted by Crippen LogP contribution is 2.18. The third-order valence-corrected chi connectivity index (χ3v) is 1.77. The monoisotopic (exact) mass is 198 g/mol. The van der Waals surface area contributed by atoms with Gasteiger partial charge in [-0.15, -0.1) is 0 Å². The maximum absolute atomic E-state index is 11.2. The van der Waals surface area contributed by atoms with Crippen molar-refractivity contribution in [1.82, 2.24) is 10.6 Å². The molecule has 0 unspecified atom stereocenters. The van der Waals surface area contributed by atoms with Crippen LogP contribution in [0.3, 0.4) is 0 Å². The van der Waals surface area contributed by atoms with Gasteiger partial charge in [-0.3, -0.25) is 4.79 Å². The summed E-state index contributed by atoms with van der Waals surface area (Å²) < 4.78 is 0. The molecule has 80 valence electrons. The second-order valence-electron chi connectivity index (χ2n) is 3.84. The topological polar surface area (TPSA) is 79.5 Å². The number of nitrogens with zero attached hydrogens (tertiary/aromatic N) is 1. The number of nitrogens with one attached hydrogen (secondary N) is 2. The van der Waals surface area contributed by atoms with Gasteiger partial charge in [0, 0.05) is 12.1 Å². The fourth-order valence-corrected chi connectivity index (χ4v) is 0.999. The largest absolute Gasteiger partial charge is 0.370 e. The lowest BCUT2D eigenvalue weighted by molar-refractivity contribution is -0.119. The molecule has 1 aliphatic carbocycles. The number of carbonyl (C=O) groups excluding carboxylic acids is 1. The molecule has 1 aliphatic rings. The SMILES string of the molecule is CC(C)NC(N)=NCC(=O)NC1CC1. The summed E-state index contributed by atoms with van der Waals surface area (Å²) in [4.78, 5) is 15.1. The molecule has 0 heterocycles. The molecule has 0 aromatic carbocycles. The van der Waals surface area contributed by atoms with Crippen LogP contribution < -0.4 is 16.4 Å². The Morgan fingerprint density at radius 2 is 2.21 bits per heavy atom. The van der Waals surface area contributed by atoms with E-state index in [4.69, 9.17) is 5.73 Å². The summed E-state index contributed by atoms with van der Waals surface area (Å²) in [5.74, 6) is 0.270. The second-order valence-corrected chi connectivity index (χ2v) is 3.84. The van der Waals surface area contributed by atoms with Crippen LogP contribution in [0.4, 0.5) is 0 Å². The molecular formula is C9H18N4O. The minimum Gasteiger partial charge on any atom is -0.370 e. The van der Waals surface area contributed by atoms with Crippen molar-refractivity contribution in [2.45, 2.75) is 38.8 Å². The number of nitrogens with two attached hydrogens (primary N) is 1. The summed E-state index contributed by atoms with van der Waals surface area (Å²) in [6.45, 7) is 4.04.